The number of hydrogen-bond acceptors (Lipinski definition) is 5. The number of amides is 1. The molecule has 2 aromatic carbocycles. The van der Waals surface area contributed by atoms with Crippen molar-refractivity contribution >= 4 is 39.2 Å². The molecule has 2 aliphatic rings. The molecule has 3 aromatic rings. The molecule has 0 bridgehead atoms. The Bertz CT molecular complexity index is 1120. The molecule has 1 saturated heterocycles. The highest BCUT2D eigenvalue weighted by molar-refractivity contribution is 7.13. The van der Waals surface area contributed by atoms with Gasteiger partial charge in [0.2, 0.25) is 0 Å². The van der Waals surface area contributed by atoms with E-state index in [0.29, 0.717) is 5.92 Å². The van der Waals surface area contributed by atoms with E-state index in [-0.39, 0.29) is 6.04 Å². The van der Waals surface area contributed by atoms with Gasteiger partial charge in [0.25, 0.3) is 0 Å². The Balaban J connectivity index is 1.09. The van der Waals surface area contributed by atoms with Gasteiger partial charge in [-0.25, -0.2) is 4.79 Å². The summed E-state index contributed by atoms with van der Waals surface area (Å²) in [7, 11) is 0. The largest absolute Gasteiger partial charge is 0.465 e. The first kappa shape index (κ1) is 23.1. The molecule has 0 unspecified atom stereocenters. The fraction of sp³-hybridized carbons (Fsp3) is 0.481. The Hall–Kier alpha value is -2.64. The zero-order chi connectivity index (χ0) is 23.5. The van der Waals surface area contributed by atoms with Gasteiger partial charge in [0, 0.05) is 37.6 Å². The van der Waals surface area contributed by atoms with Crippen molar-refractivity contribution in [3.63, 3.8) is 0 Å². The second-order valence-electron chi connectivity index (χ2n) is 9.73. The molecule has 180 valence electrons. The summed E-state index contributed by atoms with van der Waals surface area (Å²) >= 11 is 1.60. The summed E-state index contributed by atoms with van der Waals surface area (Å²) in [6.07, 6.45) is 4.52. The van der Waals surface area contributed by atoms with Crippen LogP contribution in [0, 0.1) is 12.8 Å². The SMILES string of the molecule is Cc1ccccc1N(C(=O)O)[C@H]1CC[C@H](CCN2CCN(c3nsc4ccccc34)CC2)CC1. The van der Waals surface area contributed by atoms with E-state index in [2.05, 4.69) is 34.1 Å². The van der Waals surface area contributed by atoms with Crippen LogP contribution in [0.5, 0.6) is 0 Å². The van der Waals surface area contributed by atoms with Gasteiger partial charge < -0.3 is 10.0 Å². The van der Waals surface area contributed by atoms with Crippen LogP contribution in [0.1, 0.15) is 37.7 Å². The Kier molecular flexibility index (Phi) is 7.02. The molecule has 34 heavy (non-hydrogen) atoms. The van der Waals surface area contributed by atoms with Crippen LogP contribution >= 0.6 is 11.5 Å². The van der Waals surface area contributed by atoms with E-state index in [4.69, 9.17) is 4.37 Å². The lowest BCUT2D eigenvalue weighted by Gasteiger charge is -2.38. The topological polar surface area (TPSA) is 59.9 Å². The molecular weight excluding hydrogens is 444 g/mol. The van der Waals surface area contributed by atoms with Crippen molar-refractivity contribution in [3.8, 4) is 0 Å². The maximum absolute atomic E-state index is 12.1. The van der Waals surface area contributed by atoms with Crippen LogP contribution in [0.15, 0.2) is 48.5 Å². The zero-order valence-corrected chi connectivity index (χ0v) is 20.7. The number of anilines is 2. The van der Waals surface area contributed by atoms with Crippen LogP contribution in [0.25, 0.3) is 10.1 Å². The molecule has 5 rings (SSSR count). The number of hydrogen-bond donors (Lipinski definition) is 1. The average Bonchev–Trinajstić information content (AvgIpc) is 3.29. The second kappa shape index (κ2) is 10.3. The molecule has 6 nitrogen and oxygen atoms in total. The number of piperazine rings is 1. The van der Waals surface area contributed by atoms with E-state index in [1.807, 2.05) is 31.2 Å². The number of rotatable bonds is 6. The van der Waals surface area contributed by atoms with Gasteiger partial charge in [0.15, 0.2) is 0 Å². The molecular formula is C27H34N4O2S. The minimum atomic E-state index is -0.830. The molecule has 0 radical (unpaired) electrons. The molecule has 1 N–H and O–H groups in total. The minimum Gasteiger partial charge on any atom is -0.465 e. The predicted octanol–water partition coefficient (Wildman–Crippen LogP) is 5.86. The van der Waals surface area contributed by atoms with Crippen LogP contribution in [0.2, 0.25) is 0 Å². The van der Waals surface area contributed by atoms with E-state index in [1.165, 1.54) is 16.5 Å². The number of carbonyl (C=O) groups is 1. The lowest BCUT2D eigenvalue weighted by molar-refractivity contribution is 0.189. The van der Waals surface area contributed by atoms with E-state index >= 15 is 0 Å². The molecule has 1 aromatic heterocycles. The number of carboxylic acid groups (broad SMARTS) is 1. The van der Waals surface area contributed by atoms with Crippen molar-refractivity contribution in [1.29, 1.82) is 0 Å². The summed E-state index contributed by atoms with van der Waals surface area (Å²) in [5, 5.41) is 11.2. The first-order valence-electron chi connectivity index (χ1n) is 12.5. The second-order valence-corrected chi connectivity index (χ2v) is 10.5. The molecule has 1 amide bonds. The van der Waals surface area contributed by atoms with Crippen LogP contribution < -0.4 is 9.80 Å². The van der Waals surface area contributed by atoms with Crippen LogP contribution in [-0.4, -0.2) is 59.2 Å². The quantitative estimate of drug-likeness (QED) is 0.481. The van der Waals surface area contributed by atoms with E-state index in [9.17, 15) is 9.90 Å². The van der Waals surface area contributed by atoms with Crippen molar-refractivity contribution < 1.29 is 9.90 Å². The number of benzene rings is 2. The highest BCUT2D eigenvalue weighted by Crippen LogP contribution is 2.34. The van der Waals surface area contributed by atoms with Crippen molar-refractivity contribution in [2.45, 2.75) is 45.1 Å². The lowest BCUT2D eigenvalue weighted by Crippen LogP contribution is -2.47. The molecule has 1 aliphatic carbocycles. The number of fused-ring (bicyclic) bond motifs is 1. The first-order chi connectivity index (χ1) is 16.6. The summed E-state index contributed by atoms with van der Waals surface area (Å²) in [5.41, 5.74) is 1.86. The first-order valence-corrected chi connectivity index (χ1v) is 13.3. The van der Waals surface area contributed by atoms with Gasteiger partial charge in [-0.3, -0.25) is 9.80 Å². The number of para-hydroxylation sites is 1. The van der Waals surface area contributed by atoms with Crippen molar-refractivity contribution in [1.82, 2.24) is 9.27 Å². The minimum absolute atomic E-state index is 0.0892. The Morgan fingerprint density at radius 1 is 1.03 bits per heavy atom. The Labute approximate surface area is 206 Å². The maximum atomic E-state index is 12.1. The summed E-state index contributed by atoms with van der Waals surface area (Å²) in [5.74, 6) is 1.85. The highest BCUT2D eigenvalue weighted by atomic mass is 32.1. The molecule has 1 aliphatic heterocycles. The van der Waals surface area contributed by atoms with Gasteiger partial charge in [-0.05, 0) is 86.8 Å². The maximum Gasteiger partial charge on any atom is 0.412 e. The third kappa shape index (κ3) is 4.91. The van der Waals surface area contributed by atoms with Gasteiger partial charge >= 0.3 is 6.09 Å². The van der Waals surface area contributed by atoms with Gasteiger partial charge in [-0.15, -0.1) is 0 Å². The van der Waals surface area contributed by atoms with Crippen LogP contribution in [0.4, 0.5) is 16.3 Å². The van der Waals surface area contributed by atoms with Gasteiger partial charge in [-0.1, -0.05) is 30.3 Å². The number of aryl methyl sites for hydroxylation is 1. The zero-order valence-electron chi connectivity index (χ0n) is 19.9. The summed E-state index contributed by atoms with van der Waals surface area (Å²) in [4.78, 5) is 18.7. The molecule has 2 heterocycles. The highest BCUT2D eigenvalue weighted by Gasteiger charge is 2.31. The molecule has 1 saturated carbocycles. The monoisotopic (exact) mass is 478 g/mol. The average molecular weight is 479 g/mol. The van der Waals surface area contributed by atoms with E-state index < -0.39 is 6.09 Å². The summed E-state index contributed by atoms with van der Waals surface area (Å²) in [6, 6.07) is 16.4. The Morgan fingerprint density at radius 2 is 1.74 bits per heavy atom. The fourth-order valence-corrected chi connectivity index (χ4v) is 6.43. The van der Waals surface area contributed by atoms with Gasteiger partial charge in [0.1, 0.15) is 5.82 Å². The van der Waals surface area contributed by atoms with Gasteiger partial charge in [-0.2, -0.15) is 4.37 Å². The van der Waals surface area contributed by atoms with Crippen molar-refractivity contribution in [2.24, 2.45) is 5.92 Å². The molecule has 0 atom stereocenters. The molecule has 0 spiro atoms. The predicted molar refractivity (Wildman–Crippen MR) is 140 cm³/mol. The van der Waals surface area contributed by atoms with Crippen molar-refractivity contribution in [2.75, 3.05) is 42.5 Å². The van der Waals surface area contributed by atoms with Crippen molar-refractivity contribution in [3.05, 3.63) is 54.1 Å². The third-order valence-corrected chi connectivity index (χ3v) is 8.46. The fourth-order valence-electron chi connectivity index (χ4n) is 5.63. The normalized spacial score (nSPS) is 21.6. The van der Waals surface area contributed by atoms with Crippen LogP contribution in [-0.2, 0) is 0 Å². The molecule has 2 fully saturated rings. The lowest BCUT2D eigenvalue weighted by atomic mass is 9.83. The molecule has 7 heteroatoms. The smallest absolute Gasteiger partial charge is 0.412 e. The van der Waals surface area contributed by atoms with E-state index in [1.54, 1.807) is 16.4 Å². The summed E-state index contributed by atoms with van der Waals surface area (Å²) in [6.45, 7) is 7.37. The number of nitrogens with zero attached hydrogens (tertiary/aromatic N) is 4. The Morgan fingerprint density at radius 3 is 2.47 bits per heavy atom. The van der Waals surface area contributed by atoms with Crippen LogP contribution in [0.3, 0.4) is 0 Å². The third-order valence-electron chi connectivity index (χ3n) is 7.65. The van der Waals surface area contributed by atoms with E-state index in [0.717, 1.165) is 75.5 Å². The number of aromatic nitrogens is 1. The summed E-state index contributed by atoms with van der Waals surface area (Å²) < 4.78 is 5.99. The van der Waals surface area contributed by atoms with Gasteiger partial charge in [0.05, 0.1) is 10.4 Å². The standard InChI is InChI=1S/C27H34N4O2S/c1-20-6-2-4-8-24(20)31(27(32)33)22-12-10-21(11-13-22)14-15-29-16-18-30(19-17-29)26-23-7-3-5-9-25(23)34-28-26/h2-9,21-22H,10-19H2,1H3,(H,32,33)/t21-,22-.